The Morgan fingerprint density at radius 3 is 2.92 bits per heavy atom. The molecule has 0 heterocycles. The predicted molar refractivity (Wildman–Crippen MR) is 58.8 cm³/mol. The number of hydrogen-bond acceptors (Lipinski definition) is 1. The molecule has 0 spiro atoms. The van der Waals surface area contributed by atoms with E-state index in [4.69, 9.17) is 4.52 Å². The zero-order valence-corrected chi connectivity index (χ0v) is 8.86. The minimum Gasteiger partial charge on any atom is -0.480 e. The third-order valence-electron chi connectivity index (χ3n) is 2.44. The zero-order chi connectivity index (χ0) is 9.26. The van der Waals surface area contributed by atoms with Gasteiger partial charge in [0, 0.05) is 0 Å². The quantitative estimate of drug-likeness (QED) is 0.621. The first kappa shape index (κ1) is 8.77. The molecule has 13 heavy (non-hydrogen) atoms. The minimum atomic E-state index is 0.928. The van der Waals surface area contributed by atoms with Crippen molar-refractivity contribution in [2.45, 2.75) is 19.8 Å². The fraction of sp³-hybridized carbons (Fsp3) is 0.273. The van der Waals surface area contributed by atoms with Crippen LogP contribution in [0, 0.1) is 0 Å². The van der Waals surface area contributed by atoms with Crippen LogP contribution in [-0.2, 0) is 6.42 Å². The highest BCUT2D eigenvalue weighted by Gasteiger charge is 2.07. The number of hydrogen-bond donors (Lipinski definition) is 0. The van der Waals surface area contributed by atoms with Crippen molar-refractivity contribution in [3.63, 3.8) is 0 Å². The maximum absolute atomic E-state index is 5.10. The standard InChI is InChI=1S/C11H13OP/c1-8-2-3-10-7-11(12-13)5-4-9(10)6-8/h4-7H,2-3,13H2,1H3. The maximum atomic E-state index is 5.10. The maximum Gasteiger partial charge on any atom is 0.122 e. The fourth-order valence-electron chi connectivity index (χ4n) is 1.68. The van der Waals surface area contributed by atoms with Crippen LogP contribution in [0.4, 0.5) is 0 Å². The van der Waals surface area contributed by atoms with Gasteiger partial charge in [-0.3, -0.25) is 0 Å². The highest BCUT2D eigenvalue weighted by molar-refractivity contribution is 7.10. The van der Waals surface area contributed by atoms with Gasteiger partial charge in [0.05, 0.1) is 9.47 Å². The van der Waals surface area contributed by atoms with Crippen LogP contribution in [0.15, 0.2) is 23.8 Å². The van der Waals surface area contributed by atoms with Crippen molar-refractivity contribution in [1.82, 2.24) is 0 Å². The second kappa shape index (κ2) is 3.51. The normalized spacial score (nSPS) is 14.8. The molecule has 1 aliphatic carbocycles. The van der Waals surface area contributed by atoms with Gasteiger partial charge in [-0.05, 0) is 43.0 Å². The van der Waals surface area contributed by atoms with Gasteiger partial charge in [-0.25, -0.2) is 0 Å². The summed E-state index contributed by atoms with van der Waals surface area (Å²) >= 11 is 0. The van der Waals surface area contributed by atoms with Crippen LogP contribution < -0.4 is 4.52 Å². The van der Waals surface area contributed by atoms with Crippen molar-refractivity contribution in [3.8, 4) is 5.75 Å². The monoisotopic (exact) mass is 192 g/mol. The Bertz CT molecular complexity index is 355. The Morgan fingerprint density at radius 2 is 2.15 bits per heavy atom. The predicted octanol–water partition coefficient (Wildman–Crippen LogP) is 3.21. The molecule has 1 atom stereocenters. The minimum absolute atomic E-state index is 0.928. The second-order valence-electron chi connectivity index (χ2n) is 3.47. The molecule has 1 aliphatic rings. The molecule has 0 fully saturated rings. The summed E-state index contributed by atoms with van der Waals surface area (Å²) in [5.74, 6) is 0.928. The summed E-state index contributed by atoms with van der Waals surface area (Å²) in [6, 6.07) is 6.24. The molecule has 1 aromatic carbocycles. The Kier molecular flexibility index (Phi) is 2.37. The first-order valence-corrected chi connectivity index (χ1v) is 4.93. The Morgan fingerprint density at radius 1 is 1.31 bits per heavy atom. The van der Waals surface area contributed by atoms with E-state index in [0.29, 0.717) is 0 Å². The molecule has 68 valence electrons. The number of benzene rings is 1. The van der Waals surface area contributed by atoms with Crippen molar-refractivity contribution in [2.75, 3.05) is 0 Å². The average Bonchev–Trinajstić information content (AvgIpc) is 2.17. The second-order valence-corrected chi connectivity index (χ2v) is 3.70. The summed E-state index contributed by atoms with van der Waals surface area (Å²) in [4.78, 5) is 0. The van der Waals surface area contributed by atoms with Gasteiger partial charge in [-0.15, -0.1) is 0 Å². The van der Waals surface area contributed by atoms with Gasteiger partial charge in [0.1, 0.15) is 5.75 Å². The van der Waals surface area contributed by atoms with E-state index in [9.17, 15) is 0 Å². The van der Waals surface area contributed by atoms with Crippen molar-refractivity contribution in [3.05, 3.63) is 34.9 Å². The van der Waals surface area contributed by atoms with Crippen molar-refractivity contribution in [1.29, 1.82) is 0 Å². The summed E-state index contributed by atoms with van der Waals surface area (Å²) in [6.07, 6.45) is 4.57. The summed E-state index contributed by atoms with van der Waals surface area (Å²) in [5, 5.41) is 0. The molecule has 1 nitrogen and oxygen atoms in total. The van der Waals surface area contributed by atoms with Gasteiger partial charge in [-0.2, -0.15) is 0 Å². The molecule has 1 unspecified atom stereocenters. The highest BCUT2D eigenvalue weighted by atomic mass is 31.0. The van der Waals surface area contributed by atoms with Crippen molar-refractivity contribution >= 4 is 15.5 Å². The Balaban J connectivity index is 2.43. The first-order valence-electron chi connectivity index (χ1n) is 4.46. The van der Waals surface area contributed by atoms with Crippen LogP contribution in [0.1, 0.15) is 24.5 Å². The number of aryl methyl sites for hydroxylation is 1. The van der Waals surface area contributed by atoms with Crippen LogP contribution in [0.2, 0.25) is 0 Å². The van der Waals surface area contributed by atoms with Gasteiger partial charge in [0.15, 0.2) is 0 Å². The molecule has 0 saturated heterocycles. The lowest BCUT2D eigenvalue weighted by atomic mass is 9.93. The number of rotatable bonds is 1. The summed E-state index contributed by atoms with van der Waals surface area (Å²) in [7, 11) is 2.28. The third-order valence-corrected chi connectivity index (χ3v) is 2.71. The smallest absolute Gasteiger partial charge is 0.122 e. The van der Waals surface area contributed by atoms with Crippen molar-refractivity contribution in [2.24, 2.45) is 0 Å². The lowest BCUT2D eigenvalue weighted by molar-refractivity contribution is 0.644. The molecular weight excluding hydrogens is 179 g/mol. The largest absolute Gasteiger partial charge is 0.480 e. The van der Waals surface area contributed by atoms with Gasteiger partial charge < -0.3 is 4.52 Å². The van der Waals surface area contributed by atoms with Crippen LogP contribution in [0.3, 0.4) is 0 Å². The van der Waals surface area contributed by atoms with Crippen molar-refractivity contribution < 1.29 is 4.52 Å². The van der Waals surface area contributed by atoms with E-state index < -0.39 is 0 Å². The Hall–Kier alpha value is -0.810. The molecule has 0 amide bonds. The molecule has 2 rings (SSSR count). The SMILES string of the molecule is CC1=Cc2ccc(OP)cc2CC1. The summed E-state index contributed by atoms with van der Waals surface area (Å²) in [6.45, 7) is 2.18. The molecule has 0 bridgehead atoms. The Labute approximate surface area is 81.1 Å². The summed E-state index contributed by atoms with van der Waals surface area (Å²) in [5.41, 5.74) is 4.20. The topological polar surface area (TPSA) is 9.23 Å². The van der Waals surface area contributed by atoms with E-state index in [2.05, 4.69) is 34.6 Å². The number of fused-ring (bicyclic) bond motifs is 1. The average molecular weight is 192 g/mol. The molecule has 0 aromatic heterocycles. The molecule has 0 aliphatic heterocycles. The molecule has 2 heteroatoms. The van der Waals surface area contributed by atoms with Gasteiger partial charge in [0.2, 0.25) is 0 Å². The van der Waals surface area contributed by atoms with E-state index in [1.165, 1.54) is 23.1 Å². The lowest BCUT2D eigenvalue weighted by Crippen LogP contribution is -1.97. The first-order chi connectivity index (χ1) is 6.29. The zero-order valence-electron chi connectivity index (χ0n) is 7.71. The van der Waals surface area contributed by atoms with E-state index in [1.54, 1.807) is 0 Å². The molecule has 1 aromatic rings. The third kappa shape index (κ3) is 1.76. The number of allylic oxidation sites excluding steroid dienone is 1. The van der Waals surface area contributed by atoms with E-state index >= 15 is 0 Å². The lowest BCUT2D eigenvalue weighted by Gasteiger charge is -2.14. The van der Waals surface area contributed by atoms with E-state index in [1.807, 2.05) is 6.07 Å². The van der Waals surface area contributed by atoms with Crippen LogP contribution in [-0.4, -0.2) is 0 Å². The fourth-order valence-corrected chi connectivity index (χ4v) is 1.83. The van der Waals surface area contributed by atoms with Gasteiger partial charge in [0.25, 0.3) is 0 Å². The van der Waals surface area contributed by atoms with E-state index in [0.717, 1.165) is 12.2 Å². The highest BCUT2D eigenvalue weighted by Crippen LogP contribution is 2.27. The molecule has 0 N–H and O–H groups in total. The van der Waals surface area contributed by atoms with Gasteiger partial charge >= 0.3 is 0 Å². The van der Waals surface area contributed by atoms with Crippen LogP contribution >= 0.6 is 9.47 Å². The van der Waals surface area contributed by atoms with Crippen LogP contribution in [0.25, 0.3) is 6.08 Å². The molecule has 0 saturated carbocycles. The molecular formula is C11H13OP. The van der Waals surface area contributed by atoms with Crippen LogP contribution in [0.5, 0.6) is 5.75 Å². The summed E-state index contributed by atoms with van der Waals surface area (Å²) < 4.78 is 5.10. The molecule has 0 radical (unpaired) electrons. The van der Waals surface area contributed by atoms with E-state index in [-0.39, 0.29) is 0 Å². The van der Waals surface area contributed by atoms with Gasteiger partial charge in [-0.1, -0.05) is 17.7 Å².